The lowest BCUT2D eigenvalue weighted by atomic mass is 9.99. The van der Waals surface area contributed by atoms with Gasteiger partial charge in [-0.2, -0.15) is 0 Å². The van der Waals surface area contributed by atoms with Crippen LogP contribution >= 0.6 is 0 Å². The Bertz CT molecular complexity index is 329. The molecule has 2 N–H and O–H groups in total. The van der Waals surface area contributed by atoms with E-state index in [4.69, 9.17) is 5.11 Å². The van der Waals surface area contributed by atoms with Crippen LogP contribution in [0.4, 0.5) is 0 Å². The van der Waals surface area contributed by atoms with E-state index in [9.17, 15) is 14.4 Å². The van der Waals surface area contributed by atoms with Gasteiger partial charge in [0.05, 0.1) is 6.54 Å². The lowest BCUT2D eigenvalue weighted by Gasteiger charge is -2.31. The van der Waals surface area contributed by atoms with E-state index in [2.05, 4.69) is 5.32 Å². The van der Waals surface area contributed by atoms with Crippen LogP contribution in [0.5, 0.6) is 0 Å². The van der Waals surface area contributed by atoms with Crippen LogP contribution in [-0.2, 0) is 14.4 Å². The molecule has 2 amide bonds. The number of likely N-dealkylation sites (tertiary alicyclic amines) is 1. The third-order valence-corrected chi connectivity index (χ3v) is 2.89. The predicted octanol–water partition coefficient (Wildman–Crippen LogP) is -0.412. The van der Waals surface area contributed by atoms with Crippen molar-refractivity contribution in [1.29, 1.82) is 0 Å². The number of aliphatic carboxylic acids is 1. The molecule has 0 aromatic rings. The molecule has 1 saturated heterocycles. The molecule has 90 valence electrons. The molecule has 0 aromatic carbocycles. The highest BCUT2D eigenvalue weighted by Gasteiger charge is 2.45. The molecule has 1 heterocycles. The molecule has 6 nitrogen and oxygen atoms in total. The lowest BCUT2D eigenvalue weighted by Crippen LogP contribution is -2.53. The second-order valence-corrected chi connectivity index (χ2v) is 4.14. The number of nitrogens with zero attached hydrogens (tertiary/aromatic N) is 1. The Hall–Kier alpha value is -1.59. The molecule has 0 aliphatic carbocycles. The van der Waals surface area contributed by atoms with Crippen molar-refractivity contribution in [2.24, 2.45) is 0 Å². The highest BCUT2D eigenvalue weighted by Crippen LogP contribution is 2.28. The maximum Gasteiger partial charge on any atom is 0.329 e. The van der Waals surface area contributed by atoms with Crippen LogP contribution in [-0.4, -0.2) is 46.4 Å². The monoisotopic (exact) mass is 228 g/mol. The maximum absolute atomic E-state index is 11.7. The van der Waals surface area contributed by atoms with E-state index in [1.165, 1.54) is 18.7 Å². The van der Waals surface area contributed by atoms with E-state index in [0.29, 0.717) is 19.4 Å². The predicted molar refractivity (Wildman–Crippen MR) is 55.7 cm³/mol. The van der Waals surface area contributed by atoms with Crippen LogP contribution in [0.1, 0.15) is 26.7 Å². The molecular weight excluding hydrogens is 212 g/mol. The number of nitrogens with one attached hydrogen (secondary N) is 1. The van der Waals surface area contributed by atoms with Gasteiger partial charge in [-0.25, -0.2) is 4.79 Å². The summed E-state index contributed by atoms with van der Waals surface area (Å²) in [4.78, 5) is 34.8. The number of carbonyl (C=O) groups is 3. The Morgan fingerprint density at radius 2 is 2.06 bits per heavy atom. The minimum absolute atomic E-state index is 0.141. The average Bonchev–Trinajstić information content (AvgIpc) is 2.58. The van der Waals surface area contributed by atoms with Crippen LogP contribution in [0.25, 0.3) is 0 Å². The number of carbonyl (C=O) groups excluding carboxylic acids is 2. The van der Waals surface area contributed by atoms with Crippen molar-refractivity contribution in [3.8, 4) is 0 Å². The SMILES string of the molecule is CC(=O)NCC(=O)N1CCCC1(C)C(=O)O. The first-order valence-corrected chi connectivity index (χ1v) is 5.16. The van der Waals surface area contributed by atoms with E-state index in [-0.39, 0.29) is 18.4 Å². The summed E-state index contributed by atoms with van der Waals surface area (Å²) >= 11 is 0. The van der Waals surface area contributed by atoms with E-state index in [1.807, 2.05) is 0 Å². The summed E-state index contributed by atoms with van der Waals surface area (Å²) in [6.45, 7) is 3.14. The Morgan fingerprint density at radius 3 is 2.56 bits per heavy atom. The second-order valence-electron chi connectivity index (χ2n) is 4.14. The zero-order valence-corrected chi connectivity index (χ0v) is 9.45. The summed E-state index contributed by atoms with van der Waals surface area (Å²) in [6.07, 6.45) is 1.13. The summed E-state index contributed by atoms with van der Waals surface area (Å²) in [6, 6.07) is 0. The Balaban J connectivity index is 2.68. The topological polar surface area (TPSA) is 86.7 Å². The number of carboxylic acid groups (broad SMARTS) is 1. The largest absolute Gasteiger partial charge is 0.480 e. The fourth-order valence-corrected chi connectivity index (χ4v) is 1.88. The van der Waals surface area contributed by atoms with Gasteiger partial charge in [-0.05, 0) is 19.8 Å². The molecule has 0 bridgehead atoms. The molecule has 0 saturated carbocycles. The molecule has 16 heavy (non-hydrogen) atoms. The minimum Gasteiger partial charge on any atom is -0.480 e. The van der Waals surface area contributed by atoms with Crippen molar-refractivity contribution in [2.45, 2.75) is 32.2 Å². The fraction of sp³-hybridized carbons (Fsp3) is 0.700. The van der Waals surface area contributed by atoms with Crippen LogP contribution in [0, 0.1) is 0 Å². The van der Waals surface area contributed by atoms with Crippen molar-refractivity contribution in [2.75, 3.05) is 13.1 Å². The van der Waals surface area contributed by atoms with Crippen molar-refractivity contribution in [1.82, 2.24) is 10.2 Å². The van der Waals surface area contributed by atoms with Crippen molar-refractivity contribution in [3.05, 3.63) is 0 Å². The van der Waals surface area contributed by atoms with Crippen molar-refractivity contribution >= 4 is 17.8 Å². The first kappa shape index (κ1) is 12.5. The van der Waals surface area contributed by atoms with Crippen molar-refractivity contribution in [3.63, 3.8) is 0 Å². The van der Waals surface area contributed by atoms with Crippen LogP contribution < -0.4 is 5.32 Å². The van der Waals surface area contributed by atoms with E-state index < -0.39 is 11.5 Å². The van der Waals surface area contributed by atoms with E-state index in [1.54, 1.807) is 0 Å². The van der Waals surface area contributed by atoms with Gasteiger partial charge < -0.3 is 15.3 Å². The lowest BCUT2D eigenvalue weighted by molar-refractivity contribution is -0.155. The van der Waals surface area contributed by atoms with Crippen molar-refractivity contribution < 1.29 is 19.5 Å². The summed E-state index contributed by atoms with van der Waals surface area (Å²) in [7, 11) is 0. The third-order valence-electron chi connectivity index (χ3n) is 2.89. The zero-order valence-electron chi connectivity index (χ0n) is 9.45. The highest BCUT2D eigenvalue weighted by molar-refractivity contribution is 5.90. The van der Waals surface area contributed by atoms with Crippen LogP contribution in [0.15, 0.2) is 0 Å². The first-order valence-electron chi connectivity index (χ1n) is 5.16. The quantitative estimate of drug-likeness (QED) is 0.687. The second kappa shape index (κ2) is 4.51. The van der Waals surface area contributed by atoms with Gasteiger partial charge in [0.25, 0.3) is 0 Å². The smallest absolute Gasteiger partial charge is 0.329 e. The molecule has 0 aromatic heterocycles. The highest BCUT2D eigenvalue weighted by atomic mass is 16.4. The van der Waals surface area contributed by atoms with E-state index >= 15 is 0 Å². The Morgan fingerprint density at radius 1 is 1.44 bits per heavy atom. The number of rotatable bonds is 3. The summed E-state index contributed by atoms with van der Waals surface area (Å²) < 4.78 is 0. The molecule has 1 unspecified atom stereocenters. The number of hydrogen-bond donors (Lipinski definition) is 2. The van der Waals surface area contributed by atoms with Gasteiger partial charge in [-0.15, -0.1) is 0 Å². The summed E-state index contributed by atoms with van der Waals surface area (Å²) in [5.41, 5.74) is -1.13. The maximum atomic E-state index is 11.7. The van der Waals surface area contributed by atoms with Crippen LogP contribution in [0.3, 0.4) is 0 Å². The standard InChI is InChI=1S/C10H16N2O4/c1-7(13)11-6-8(14)12-5-3-4-10(12,2)9(15)16/h3-6H2,1-2H3,(H,11,13)(H,15,16). The van der Waals surface area contributed by atoms with Gasteiger partial charge in [0.1, 0.15) is 5.54 Å². The normalized spacial score (nSPS) is 24.2. The fourth-order valence-electron chi connectivity index (χ4n) is 1.88. The average molecular weight is 228 g/mol. The van der Waals surface area contributed by atoms with Crippen LogP contribution in [0.2, 0.25) is 0 Å². The Labute approximate surface area is 93.6 Å². The van der Waals surface area contributed by atoms with Gasteiger partial charge in [-0.3, -0.25) is 9.59 Å². The Kier molecular flexibility index (Phi) is 3.51. The molecular formula is C10H16N2O4. The number of amides is 2. The third kappa shape index (κ3) is 2.32. The molecule has 6 heteroatoms. The molecule has 1 fully saturated rings. The first-order chi connectivity index (χ1) is 7.38. The van der Waals surface area contributed by atoms with E-state index in [0.717, 1.165) is 0 Å². The molecule has 0 spiro atoms. The number of hydrogen-bond acceptors (Lipinski definition) is 3. The zero-order chi connectivity index (χ0) is 12.3. The van der Waals surface area contributed by atoms with Gasteiger partial charge >= 0.3 is 5.97 Å². The summed E-state index contributed by atoms with van der Waals surface area (Å²) in [5.74, 6) is -1.65. The molecule has 0 radical (unpaired) electrons. The van der Waals surface area contributed by atoms with Gasteiger partial charge in [0.2, 0.25) is 11.8 Å². The van der Waals surface area contributed by atoms with Gasteiger partial charge in [0.15, 0.2) is 0 Å². The molecule has 1 rings (SSSR count). The summed E-state index contributed by atoms with van der Waals surface area (Å²) in [5, 5.41) is 11.5. The number of carboxylic acids is 1. The molecule has 1 aliphatic heterocycles. The van der Waals surface area contributed by atoms with Gasteiger partial charge in [0, 0.05) is 13.5 Å². The molecule has 1 aliphatic rings. The minimum atomic E-state index is -1.13. The molecule has 1 atom stereocenters. The van der Waals surface area contributed by atoms with Gasteiger partial charge in [-0.1, -0.05) is 0 Å².